The molecule has 0 heterocycles. The molecule has 0 spiro atoms. The van der Waals surface area contributed by atoms with Crippen molar-refractivity contribution in [2.24, 2.45) is 11.1 Å². The topological polar surface area (TPSA) is 58.4 Å². The summed E-state index contributed by atoms with van der Waals surface area (Å²) in [6, 6.07) is 0.304. The van der Waals surface area contributed by atoms with Crippen molar-refractivity contribution >= 4 is 5.91 Å². The molecule has 0 radical (unpaired) electrons. The van der Waals surface area contributed by atoms with Crippen LogP contribution in [0.3, 0.4) is 0 Å². The van der Waals surface area contributed by atoms with Crippen LogP contribution in [0.5, 0.6) is 0 Å². The van der Waals surface area contributed by atoms with E-state index in [0.29, 0.717) is 19.1 Å². The van der Waals surface area contributed by atoms with Crippen LogP contribution in [0, 0.1) is 5.41 Å². The van der Waals surface area contributed by atoms with Gasteiger partial charge in [-0.05, 0) is 31.8 Å². The first-order valence-electron chi connectivity index (χ1n) is 6.52. The molecule has 0 saturated carbocycles. The normalized spacial score (nSPS) is 12.2. The summed E-state index contributed by atoms with van der Waals surface area (Å²) >= 11 is 0. The molecule has 0 bridgehead atoms. The number of likely N-dealkylation sites (N-methyl/N-ethyl adjacent to an activating group) is 1. The Balaban J connectivity index is 4.03. The Bertz CT molecular complexity index is 225. The molecule has 0 rings (SSSR count). The molecule has 0 unspecified atom stereocenters. The number of nitrogens with zero attached hydrogens (tertiary/aromatic N) is 1. The van der Waals surface area contributed by atoms with Crippen LogP contribution >= 0.6 is 0 Å². The number of rotatable bonds is 8. The maximum atomic E-state index is 11.8. The average Bonchev–Trinajstić information content (AvgIpc) is 2.24. The van der Waals surface area contributed by atoms with Crippen LogP contribution in [0.2, 0.25) is 0 Å². The summed E-state index contributed by atoms with van der Waals surface area (Å²) in [6.07, 6.45) is 1.97. The molecular formula is C13H29N3O. The Hall–Kier alpha value is -0.610. The largest absolute Gasteiger partial charge is 0.352 e. The number of nitrogens with two attached hydrogens (primary N) is 1. The Morgan fingerprint density at radius 2 is 1.88 bits per heavy atom. The quantitative estimate of drug-likeness (QED) is 0.673. The van der Waals surface area contributed by atoms with Crippen molar-refractivity contribution in [2.45, 2.75) is 46.6 Å². The fourth-order valence-electron chi connectivity index (χ4n) is 1.86. The minimum atomic E-state index is 0.0595. The first-order chi connectivity index (χ1) is 7.84. The Morgan fingerprint density at radius 1 is 1.35 bits per heavy atom. The molecule has 0 aliphatic rings. The van der Waals surface area contributed by atoms with Crippen LogP contribution in [-0.2, 0) is 4.79 Å². The molecule has 0 aromatic carbocycles. The van der Waals surface area contributed by atoms with E-state index in [1.165, 1.54) is 0 Å². The molecule has 0 aromatic heterocycles. The minimum Gasteiger partial charge on any atom is -0.352 e. The molecular weight excluding hydrogens is 214 g/mol. The average molecular weight is 243 g/mol. The van der Waals surface area contributed by atoms with Gasteiger partial charge in [0.1, 0.15) is 0 Å². The Morgan fingerprint density at radius 3 is 2.29 bits per heavy atom. The van der Waals surface area contributed by atoms with Crippen molar-refractivity contribution in [1.82, 2.24) is 10.2 Å². The molecule has 0 atom stereocenters. The lowest BCUT2D eigenvalue weighted by Crippen LogP contribution is -2.44. The number of nitrogens with one attached hydrogen (secondary N) is 1. The fourth-order valence-corrected chi connectivity index (χ4v) is 1.86. The molecule has 0 saturated heterocycles. The van der Waals surface area contributed by atoms with Gasteiger partial charge in [-0.3, -0.25) is 9.69 Å². The fraction of sp³-hybridized carbons (Fsp3) is 0.923. The van der Waals surface area contributed by atoms with Gasteiger partial charge >= 0.3 is 0 Å². The predicted molar refractivity (Wildman–Crippen MR) is 72.8 cm³/mol. The highest BCUT2D eigenvalue weighted by Gasteiger charge is 2.19. The maximum Gasteiger partial charge on any atom is 0.234 e. The zero-order valence-electron chi connectivity index (χ0n) is 12.0. The molecule has 3 N–H and O–H groups in total. The summed E-state index contributed by atoms with van der Waals surface area (Å²) in [6.45, 7) is 10.3. The summed E-state index contributed by atoms with van der Waals surface area (Å²) in [5.74, 6) is 0.106. The SMILES string of the molecule is CCC(CC)NC(=O)CN(C)CC(C)(C)CN. The van der Waals surface area contributed by atoms with Gasteiger partial charge in [0.05, 0.1) is 6.54 Å². The first-order valence-corrected chi connectivity index (χ1v) is 6.52. The maximum absolute atomic E-state index is 11.8. The van der Waals surface area contributed by atoms with Crippen molar-refractivity contribution in [2.75, 3.05) is 26.7 Å². The van der Waals surface area contributed by atoms with Crippen LogP contribution in [0.4, 0.5) is 0 Å². The summed E-state index contributed by atoms with van der Waals surface area (Å²) in [5, 5.41) is 3.04. The standard InChI is InChI=1S/C13H29N3O/c1-6-11(7-2)15-12(17)8-16(5)10-13(3,4)9-14/h11H,6-10,14H2,1-5H3,(H,15,17). The van der Waals surface area contributed by atoms with Crippen LogP contribution in [-0.4, -0.2) is 43.5 Å². The number of hydrogen-bond acceptors (Lipinski definition) is 3. The van der Waals surface area contributed by atoms with Crippen molar-refractivity contribution in [3.63, 3.8) is 0 Å². The lowest BCUT2D eigenvalue weighted by atomic mass is 9.93. The van der Waals surface area contributed by atoms with Gasteiger partial charge in [-0.1, -0.05) is 27.7 Å². The summed E-state index contributed by atoms with van der Waals surface area (Å²) in [5.41, 5.74) is 5.74. The van der Waals surface area contributed by atoms with E-state index in [1.54, 1.807) is 0 Å². The highest BCUT2D eigenvalue weighted by atomic mass is 16.2. The molecule has 4 nitrogen and oxygen atoms in total. The molecule has 102 valence electrons. The van der Waals surface area contributed by atoms with Gasteiger partial charge in [-0.2, -0.15) is 0 Å². The van der Waals surface area contributed by atoms with Gasteiger partial charge in [0.15, 0.2) is 0 Å². The van der Waals surface area contributed by atoms with E-state index in [-0.39, 0.29) is 11.3 Å². The molecule has 4 heteroatoms. The number of amides is 1. The first kappa shape index (κ1) is 16.4. The highest BCUT2D eigenvalue weighted by Crippen LogP contribution is 2.13. The van der Waals surface area contributed by atoms with Crippen molar-refractivity contribution in [3.05, 3.63) is 0 Å². The second-order valence-corrected chi connectivity index (χ2v) is 5.62. The van der Waals surface area contributed by atoms with E-state index in [2.05, 4.69) is 33.0 Å². The van der Waals surface area contributed by atoms with E-state index in [9.17, 15) is 4.79 Å². The van der Waals surface area contributed by atoms with Crippen molar-refractivity contribution < 1.29 is 4.79 Å². The van der Waals surface area contributed by atoms with E-state index in [0.717, 1.165) is 19.4 Å². The summed E-state index contributed by atoms with van der Waals surface area (Å²) in [4.78, 5) is 13.8. The van der Waals surface area contributed by atoms with Gasteiger partial charge in [-0.25, -0.2) is 0 Å². The van der Waals surface area contributed by atoms with E-state index in [1.807, 2.05) is 11.9 Å². The van der Waals surface area contributed by atoms with Crippen molar-refractivity contribution in [1.29, 1.82) is 0 Å². The molecule has 1 amide bonds. The van der Waals surface area contributed by atoms with E-state index in [4.69, 9.17) is 5.73 Å². The summed E-state index contributed by atoms with van der Waals surface area (Å²) in [7, 11) is 1.96. The smallest absolute Gasteiger partial charge is 0.234 e. The predicted octanol–water partition coefficient (Wildman–Crippen LogP) is 1.21. The number of carbonyl (C=O) groups excluding carboxylic acids is 1. The third-order valence-electron chi connectivity index (χ3n) is 3.01. The van der Waals surface area contributed by atoms with Gasteiger partial charge in [0.25, 0.3) is 0 Å². The Labute approximate surface area is 106 Å². The van der Waals surface area contributed by atoms with Gasteiger partial charge in [-0.15, -0.1) is 0 Å². The molecule has 0 aromatic rings. The van der Waals surface area contributed by atoms with Crippen LogP contribution in [0.1, 0.15) is 40.5 Å². The molecule has 0 fully saturated rings. The van der Waals surface area contributed by atoms with Crippen LogP contribution in [0.25, 0.3) is 0 Å². The third-order valence-corrected chi connectivity index (χ3v) is 3.01. The number of hydrogen-bond donors (Lipinski definition) is 2. The van der Waals surface area contributed by atoms with Gasteiger partial charge in [0.2, 0.25) is 5.91 Å². The monoisotopic (exact) mass is 243 g/mol. The second-order valence-electron chi connectivity index (χ2n) is 5.62. The summed E-state index contributed by atoms with van der Waals surface area (Å²) < 4.78 is 0. The molecule has 0 aliphatic carbocycles. The van der Waals surface area contributed by atoms with Gasteiger partial charge < -0.3 is 11.1 Å². The lowest BCUT2D eigenvalue weighted by molar-refractivity contribution is -0.122. The van der Waals surface area contributed by atoms with Crippen LogP contribution in [0.15, 0.2) is 0 Å². The number of carbonyl (C=O) groups is 1. The third kappa shape index (κ3) is 7.34. The zero-order chi connectivity index (χ0) is 13.5. The lowest BCUT2D eigenvalue weighted by Gasteiger charge is -2.29. The minimum absolute atomic E-state index is 0.0595. The highest BCUT2D eigenvalue weighted by molar-refractivity contribution is 5.78. The zero-order valence-corrected chi connectivity index (χ0v) is 12.0. The molecule has 17 heavy (non-hydrogen) atoms. The Kier molecular flexibility index (Phi) is 7.39. The molecule has 0 aliphatic heterocycles. The second kappa shape index (κ2) is 7.67. The van der Waals surface area contributed by atoms with E-state index >= 15 is 0 Å². The van der Waals surface area contributed by atoms with Crippen molar-refractivity contribution in [3.8, 4) is 0 Å². The van der Waals surface area contributed by atoms with Gasteiger partial charge in [0, 0.05) is 12.6 Å². The van der Waals surface area contributed by atoms with Crippen LogP contribution < -0.4 is 11.1 Å². The van der Waals surface area contributed by atoms with E-state index < -0.39 is 0 Å².